The molecule has 0 aliphatic rings. The second kappa shape index (κ2) is 8.30. The molecule has 0 radical (unpaired) electrons. The van der Waals surface area contributed by atoms with Crippen LogP contribution in [0, 0.1) is 0 Å². The van der Waals surface area contributed by atoms with E-state index in [4.69, 9.17) is 0 Å². The van der Waals surface area contributed by atoms with E-state index in [-0.39, 0.29) is 0 Å². The van der Waals surface area contributed by atoms with Crippen molar-refractivity contribution in [3.8, 4) is 0 Å². The predicted molar refractivity (Wildman–Crippen MR) is 97.5 cm³/mol. The maximum Gasteiger partial charge on any atom is 0.0629 e. The summed E-state index contributed by atoms with van der Waals surface area (Å²) in [4.78, 5) is 7.28. The van der Waals surface area contributed by atoms with E-state index in [1.54, 1.807) is 11.8 Å². The highest BCUT2D eigenvalue weighted by Crippen LogP contribution is 2.35. The molecule has 2 aromatic carbocycles. The van der Waals surface area contributed by atoms with Crippen molar-refractivity contribution in [2.75, 3.05) is 6.26 Å². The fraction of sp³-hybridized carbons (Fsp3) is 0.278. The van der Waals surface area contributed by atoms with Gasteiger partial charge in [-0.25, -0.2) is 0 Å². The molecule has 0 fully saturated rings. The lowest BCUT2D eigenvalue weighted by atomic mass is 10.2. The van der Waals surface area contributed by atoms with Crippen LogP contribution in [0.4, 0.5) is 5.69 Å². The molecule has 21 heavy (non-hydrogen) atoms. The summed E-state index contributed by atoms with van der Waals surface area (Å²) in [5.41, 5.74) is 2.20. The summed E-state index contributed by atoms with van der Waals surface area (Å²) in [5, 5.41) is 0.613. The third-order valence-corrected chi connectivity index (χ3v) is 5.57. The Kier molecular flexibility index (Phi) is 6.40. The highest BCUT2D eigenvalue weighted by molar-refractivity contribution is 8.02. The number of nitrogens with zero attached hydrogens (tertiary/aromatic N) is 1. The molecule has 2 rings (SSSR count). The molecule has 0 amide bonds. The molecule has 2 aromatic rings. The second-order valence-corrected chi connectivity index (χ2v) is 7.11. The van der Waals surface area contributed by atoms with E-state index in [0.717, 1.165) is 5.69 Å². The van der Waals surface area contributed by atoms with E-state index >= 15 is 0 Å². The molecule has 0 aliphatic carbocycles. The SMILES string of the molecule is CCC(C)Sc1c(C=Nc2ccccc2)cccc1SC. The molecule has 0 saturated carbocycles. The summed E-state index contributed by atoms with van der Waals surface area (Å²) in [6.45, 7) is 4.51. The summed E-state index contributed by atoms with van der Waals surface area (Å²) in [6.07, 6.45) is 5.29. The average Bonchev–Trinajstić information content (AvgIpc) is 2.54. The Morgan fingerprint density at radius 2 is 1.86 bits per heavy atom. The van der Waals surface area contributed by atoms with Gasteiger partial charge in [0.25, 0.3) is 0 Å². The molecule has 3 heteroatoms. The van der Waals surface area contributed by atoms with Gasteiger partial charge in [-0.15, -0.1) is 23.5 Å². The molecule has 0 aromatic heterocycles. The van der Waals surface area contributed by atoms with E-state index < -0.39 is 0 Å². The monoisotopic (exact) mass is 315 g/mol. The molecule has 1 nitrogen and oxygen atoms in total. The first-order valence-corrected chi connectivity index (χ1v) is 9.27. The molecule has 1 unspecified atom stereocenters. The molecular formula is C18H21NS2. The Balaban J connectivity index is 2.31. The van der Waals surface area contributed by atoms with Gasteiger partial charge in [-0.3, -0.25) is 4.99 Å². The van der Waals surface area contributed by atoms with Gasteiger partial charge < -0.3 is 0 Å². The van der Waals surface area contributed by atoms with Crippen molar-refractivity contribution in [1.82, 2.24) is 0 Å². The lowest BCUT2D eigenvalue weighted by Gasteiger charge is -2.14. The van der Waals surface area contributed by atoms with Crippen LogP contribution in [0.25, 0.3) is 0 Å². The molecule has 1 atom stereocenters. The van der Waals surface area contributed by atoms with Gasteiger partial charge in [-0.1, -0.05) is 44.2 Å². The van der Waals surface area contributed by atoms with Gasteiger partial charge in [-0.05, 0) is 30.9 Å². The fourth-order valence-electron chi connectivity index (χ4n) is 1.86. The quantitative estimate of drug-likeness (QED) is 0.475. The Morgan fingerprint density at radius 1 is 1.10 bits per heavy atom. The first kappa shape index (κ1) is 16.2. The minimum atomic E-state index is 0.613. The van der Waals surface area contributed by atoms with Crippen molar-refractivity contribution in [3.63, 3.8) is 0 Å². The Morgan fingerprint density at radius 3 is 2.52 bits per heavy atom. The minimum Gasteiger partial charge on any atom is -0.256 e. The third-order valence-electron chi connectivity index (χ3n) is 3.23. The maximum atomic E-state index is 4.60. The van der Waals surface area contributed by atoms with Crippen LogP contribution in [0.15, 0.2) is 63.3 Å². The molecule has 0 saturated heterocycles. The predicted octanol–water partition coefficient (Wildman–Crippen LogP) is 6.05. The fourth-order valence-corrected chi connectivity index (χ4v) is 3.79. The molecule has 0 spiro atoms. The third kappa shape index (κ3) is 4.65. The van der Waals surface area contributed by atoms with Gasteiger partial charge in [0, 0.05) is 26.8 Å². The Bertz CT molecular complexity index is 593. The van der Waals surface area contributed by atoms with Crippen molar-refractivity contribution in [3.05, 3.63) is 54.1 Å². The van der Waals surface area contributed by atoms with Crippen LogP contribution in [0.1, 0.15) is 25.8 Å². The number of hydrogen-bond donors (Lipinski definition) is 0. The molecule has 0 heterocycles. The molecule has 110 valence electrons. The number of aliphatic imine (C=N–C) groups is 1. The van der Waals surface area contributed by atoms with E-state index in [1.165, 1.54) is 21.8 Å². The number of benzene rings is 2. The van der Waals surface area contributed by atoms with E-state index in [9.17, 15) is 0 Å². The zero-order chi connectivity index (χ0) is 15.1. The summed E-state index contributed by atoms with van der Waals surface area (Å²) in [7, 11) is 0. The van der Waals surface area contributed by atoms with Crippen LogP contribution in [0.5, 0.6) is 0 Å². The van der Waals surface area contributed by atoms with E-state index in [0.29, 0.717) is 5.25 Å². The summed E-state index contributed by atoms with van der Waals surface area (Å²) in [5.74, 6) is 0. The van der Waals surface area contributed by atoms with Crippen molar-refractivity contribution >= 4 is 35.4 Å². The lowest BCUT2D eigenvalue weighted by Crippen LogP contribution is -1.96. The van der Waals surface area contributed by atoms with Crippen LogP contribution >= 0.6 is 23.5 Å². The lowest BCUT2D eigenvalue weighted by molar-refractivity contribution is 0.903. The van der Waals surface area contributed by atoms with Gasteiger partial charge >= 0.3 is 0 Å². The van der Waals surface area contributed by atoms with Gasteiger partial charge in [-0.2, -0.15) is 0 Å². The number of thioether (sulfide) groups is 2. The van der Waals surface area contributed by atoms with Crippen molar-refractivity contribution in [2.45, 2.75) is 35.3 Å². The normalized spacial score (nSPS) is 12.7. The minimum absolute atomic E-state index is 0.613. The topological polar surface area (TPSA) is 12.4 Å². The highest BCUT2D eigenvalue weighted by Gasteiger charge is 2.10. The maximum absolute atomic E-state index is 4.60. The molecule has 0 bridgehead atoms. The van der Waals surface area contributed by atoms with Crippen LogP contribution in [0.3, 0.4) is 0 Å². The summed E-state index contributed by atoms with van der Waals surface area (Å²) >= 11 is 3.75. The highest BCUT2D eigenvalue weighted by atomic mass is 32.2. The van der Waals surface area contributed by atoms with Crippen LogP contribution in [-0.2, 0) is 0 Å². The molecule has 0 aliphatic heterocycles. The summed E-state index contributed by atoms with van der Waals surface area (Å²) < 4.78 is 0. The zero-order valence-electron chi connectivity index (χ0n) is 12.7. The standard InChI is InChI=1S/C18H21NS2/c1-4-14(2)21-18-15(9-8-12-17(18)20-3)13-19-16-10-6-5-7-11-16/h5-14H,4H2,1-3H3. The molecular weight excluding hydrogens is 294 g/mol. The van der Waals surface area contributed by atoms with Gasteiger partial charge in [0.2, 0.25) is 0 Å². The van der Waals surface area contributed by atoms with Crippen molar-refractivity contribution in [2.24, 2.45) is 4.99 Å². The Hall–Kier alpha value is -1.19. The largest absolute Gasteiger partial charge is 0.256 e. The second-order valence-electron chi connectivity index (χ2n) is 4.81. The zero-order valence-corrected chi connectivity index (χ0v) is 14.4. The van der Waals surface area contributed by atoms with Gasteiger partial charge in [0.05, 0.1) is 5.69 Å². The van der Waals surface area contributed by atoms with Crippen LogP contribution < -0.4 is 0 Å². The average molecular weight is 316 g/mol. The van der Waals surface area contributed by atoms with Gasteiger partial charge in [0.1, 0.15) is 0 Å². The molecule has 0 N–H and O–H groups in total. The number of rotatable bonds is 6. The summed E-state index contributed by atoms with van der Waals surface area (Å²) in [6, 6.07) is 16.5. The number of hydrogen-bond acceptors (Lipinski definition) is 3. The number of para-hydroxylation sites is 1. The first-order chi connectivity index (χ1) is 10.2. The first-order valence-electron chi connectivity index (χ1n) is 7.17. The van der Waals surface area contributed by atoms with Crippen LogP contribution in [0.2, 0.25) is 0 Å². The Labute approximate surface area is 136 Å². The van der Waals surface area contributed by atoms with Crippen molar-refractivity contribution < 1.29 is 0 Å². The van der Waals surface area contributed by atoms with E-state index in [1.807, 2.05) is 48.3 Å². The van der Waals surface area contributed by atoms with Crippen molar-refractivity contribution in [1.29, 1.82) is 0 Å². The smallest absolute Gasteiger partial charge is 0.0629 e. The van der Waals surface area contributed by atoms with Crippen LogP contribution in [-0.4, -0.2) is 17.7 Å². The van der Waals surface area contributed by atoms with E-state index in [2.05, 4.69) is 43.3 Å². The van der Waals surface area contributed by atoms with Gasteiger partial charge in [0.15, 0.2) is 0 Å².